The van der Waals surface area contributed by atoms with Gasteiger partial charge in [-0.3, -0.25) is 9.48 Å². The van der Waals surface area contributed by atoms with Crippen LogP contribution in [0.1, 0.15) is 23.8 Å². The quantitative estimate of drug-likeness (QED) is 0.493. The molecule has 138 valence electrons. The van der Waals surface area contributed by atoms with Crippen LogP contribution in [0.3, 0.4) is 0 Å². The first kappa shape index (κ1) is 17.7. The van der Waals surface area contributed by atoms with E-state index in [4.69, 9.17) is 4.42 Å². The summed E-state index contributed by atoms with van der Waals surface area (Å²) in [5.74, 6) is 6.31. The van der Waals surface area contributed by atoms with E-state index in [1.807, 2.05) is 20.0 Å². The van der Waals surface area contributed by atoms with E-state index in [0.717, 1.165) is 5.56 Å². The molecule has 0 N–H and O–H groups in total. The van der Waals surface area contributed by atoms with Gasteiger partial charge in [0.15, 0.2) is 0 Å². The fourth-order valence-electron chi connectivity index (χ4n) is 3.17. The largest absolute Gasteiger partial charge is 0.460 e. The van der Waals surface area contributed by atoms with Crippen molar-refractivity contribution < 1.29 is 8.81 Å². The number of aryl methyl sites for hydroxylation is 2. The lowest BCUT2D eigenvalue weighted by molar-refractivity contribution is 0.546. The average molecular weight is 372 g/mol. The molecule has 4 nitrogen and oxygen atoms in total. The normalized spacial score (nSPS) is 10.7. The van der Waals surface area contributed by atoms with Crippen LogP contribution in [0.2, 0.25) is 0 Å². The Balaban J connectivity index is 1.96. The first-order chi connectivity index (χ1) is 13.6. The summed E-state index contributed by atoms with van der Waals surface area (Å²) in [7, 11) is 1.82. The van der Waals surface area contributed by atoms with Crippen LogP contribution < -0.4 is 5.43 Å². The molecule has 0 atom stereocenters. The second kappa shape index (κ2) is 7.16. The summed E-state index contributed by atoms with van der Waals surface area (Å²) in [5.41, 5.74) is 2.75. The molecule has 0 amide bonds. The van der Waals surface area contributed by atoms with E-state index in [1.54, 1.807) is 41.3 Å². The van der Waals surface area contributed by atoms with Crippen LogP contribution in [0.25, 0.3) is 22.1 Å². The molecule has 0 spiro atoms. The van der Waals surface area contributed by atoms with E-state index >= 15 is 0 Å². The Morgan fingerprint density at radius 3 is 2.61 bits per heavy atom. The van der Waals surface area contributed by atoms with E-state index in [2.05, 4.69) is 16.9 Å². The van der Waals surface area contributed by atoms with Crippen molar-refractivity contribution in [3.63, 3.8) is 0 Å². The van der Waals surface area contributed by atoms with Crippen molar-refractivity contribution in [2.75, 3.05) is 0 Å². The first-order valence-corrected chi connectivity index (χ1v) is 8.92. The first-order valence-electron chi connectivity index (χ1n) is 8.92. The minimum Gasteiger partial charge on any atom is -0.460 e. The van der Waals surface area contributed by atoms with E-state index in [9.17, 15) is 9.18 Å². The number of fused-ring (bicyclic) bond motifs is 1. The molecule has 0 aliphatic rings. The third kappa shape index (κ3) is 3.21. The Bertz CT molecular complexity index is 1290. The number of aromatic nitrogens is 2. The molecule has 0 aliphatic carbocycles. The molecule has 0 radical (unpaired) electrons. The molecule has 0 unspecified atom stereocenters. The van der Waals surface area contributed by atoms with Crippen LogP contribution in [-0.2, 0) is 13.5 Å². The van der Waals surface area contributed by atoms with Gasteiger partial charge in [-0.05, 0) is 29.8 Å². The van der Waals surface area contributed by atoms with Crippen molar-refractivity contribution in [1.29, 1.82) is 0 Å². The zero-order valence-electron chi connectivity index (χ0n) is 15.5. The van der Waals surface area contributed by atoms with Crippen LogP contribution in [0.4, 0.5) is 4.39 Å². The Morgan fingerprint density at radius 2 is 1.93 bits per heavy atom. The fourth-order valence-corrected chi connectivity index (χ4v) is 3.17. The molecule has 2 aromatic carbocycles. The summed E-state index contributed by atoms with van der Waals surface area (Å²) >= 11 is 0. The molecule has 2 aromatic heterocycles. The maximum Gasteiger partial charge on any atom is 0.202 e. The second-order valence-electron chi connectivity index (χ2n) is 6.42. The topological polar surface area (TPSA) is 48.0 Å². The van der Waals surface area contributed by atoms with Crippen molar-refractivity contribution >= 4 is 11.0 Å². The maximum atomic E-state index is 13.4. The van der Waals surface area contributed by atoms with Gasteiger partial charge >= 0.3 is 0 Å². The predicted octanol–water partition coefficient (Wildman–Crippen LogP) is 4.29. The lowest BCUT2D eigenvalue weighted by Gasteiger charge is -2.10. The van der Waals surface area contributed by atoms with Gasteiger partial charge in [0, 0.05) is 25.2 Å². The molecule has 0 saturated carbocycles. The van der Waals surface area contributed by atoms with Crippen LogP contribution in [-0.4, -0.2) is 9.78 Å². The summed E-state index contributed by atoms with van der Waals surface area (Å²) in [6.07, 6.45) is 4.02. The third-order valence-corrected chi connectivity index (χ3v) is 4.49. The van der Waals surface area contributed by atoms with E-state index in [0.29, 0.717) is 39.8 Å². The zero-order valence-corrected chi connectivity index (χ0v) is 15.5. The van der Waals surface area contributed by atoms with Gasteiger partial charge in [-0.1, -0.05) is 37.0 Å². The van der Waals surface area contributed by atoms with Gasteiger partial charge in [-0.25, -0.2) is 4.39 Å². The van der Waals surface area contributed by atoms with Gasteiger partial charge in [-0.2, -0.15) is 5.10 Å². The number of benzene rings is 2. The summed E-state index contributed by atoms with van der Waals surface area (Å²) in [6.45, 7) is 1.92. The highest BCUT2D eigenvalue weighted by molar-refractivity contribution is 5.88. The Hall–Kier alpha value is -3.65. The fraction of sp³-hybridized carbons (Fsp3) is 0.130. The Kier molecular flexibility index (Phi) is 4.54. The monoisotopic (exact) mass is 372 g/mol. The molecule has 4 rings (SSSR count). The average Bonchev–Trinajstić information content (AvgIpc) is 3.12. The molecule has 4 aromatic rings. The van der Waals surface area contributed by atoms with Gasteiger partial charge in [0.05, 0.1) is 22.7 Å². The molecule has 0 aliphatic heterocycles. The van der Waals surface area contributed by atoms with Crippen molar-refractivity contribution in [3.05, 3.63) is 87.8 Å². The summed E-state index contributed by atoms with van der Waals surface area (Å²) < 4.78 is 21.0. The Morgan fingerprint density at radius 1 is 1.14 bits per heavy atom. The molecule has 2 heterocycles. The number of hydrogen-bond acceptors (Lipinski definition) is 3. The molecule has 28 heavy (non-hydrogen) atoms. The zero-order chi connectivity index (χ0) is 19.7. The van der Waals surface area contributed by atoms with Crippen LogP contribution >= 0.6 is 0 Å². The van der Waals surface area contributed by atoms with Gasteiger partial charge in [0.2, 0.25) is 5.43 Å². The Labute approximate surface area is 161 Å². The smallest absolute Gasteiger partial charge is 0.202 e. The van der Waals surface area contributed by atoms with Crippen LogP contribution in [0.5, 0.6) is 0 Å². The highest BCUT2D eigenvalue weighted by Crippen LogP contribution is 2.26. The van der Waals surface area contributed by atoms with Crippen molar-refractivity contribution in [2.45, 2.75) is 13.3 Å². The number of nitrogens with zero attached hydrogens (tertiary/aromatic N) is 2. The summed E-state index contributed by atoms with van der Waals surface area (Å²) in [6, 6.07) is 11.2. The van der Waals surface area contributed by atoms with Crippen LogP contribution in [0.15, 0.2) is 64.1 Å². The SMILES string of the molecule is CCc1oc2cccc(C#Cc3cnn(C)c3)c2c(=O)c1-c1ccc(F)cc1. The standard InChI is InChI=1S/C23H17FN2O2/c1-3-19-21(17-9-11-18(24)12-10-17)23(27)22-16(5-4-6-20(22)28-19)8-7-15-13-25-26(2)14-15/h4-6,9-14H,3H2,1-2H3. The lowest BCUT2D eigenvalue weighted by Crippen LogP contribution is -2.10. The molecular weight excluding hydrogens is 355 g/mol. The molecule has 0 fully saturated rings. The van der Waals surface area contributed by atoms with Crippen molar-refractivity contribution in [3.8, 4) is 23.0 Å². The summed E-state index contributed by atoms with van der Waals surface area (Å²) in [5, 5.41) is 4.52. The number of hydrogen-bond donors (Lipinski definition) is 0. The van der Waals surface area contributed by atoms with Crippen molar-refractivity contribution in [2.24, 2.45) is 7.05 Å². The van der Waals surface area contributed by atoms with Crippen molar-refractivity contribution in [1.82, 2.24) is 9.78 Å². The molecule has 5 heteroatoms. The second-order valence-corrected chi connectivity index (χ2v) is 6.42. The minimum absolute atomic E-state index is 0.166. The molecule has 0 bridgehead atoms. The van der Waals surface area contributed by atoms with E-state index in [-0.39, 0.29) is 11.2 Å². The molecule has 0 saturated heterocycles. The van der Waals surface area contributed by atoms with Gasteiger partial charge < -0.3 is 4.42 Å². The lowest BCUT2D eigenvalue weighted by atomic mass is 9.99. The van der Waals surface area contributed by atoms with Gasteiger partial charge in [0.1, 0.15) is 17.2 Å². The minimum atomic E-state index is -0.352. The third-order valence-electron chi connectivity index (χ3n) is 4.49. The number of rotatable bonds is 2. The number of halogens is 1. The van der Waals surface area contributed by atoms with E-state index < -0.39 is 0 Å². The predicted molar refractivity (Wildman–Crippen MR) is 106 cm³/mol. The highest BCUT2D eigenvalue weighted by atomic mass is 19.1. The summed E-state index contributed by atoms with van der Waals surface area (Å²) in [4.78, 5) is 13.4. The molecular formula is C23H17FN2O2. The van der Waals surface area contributed by atoms with Gasteiger partial charge in [0.25, 0.3) is 0 Å². The van der Waals surface area contributed by atoms with Crippen LogP contribution in [0, 0.1) is 17.7 Å². The highest BCUT2D eigenvalue weighted by Gasteiger charge is 2.17. The van der Waals surface area contributed by atoms with E-state index in [1.165, 1.54) is 12.1 Å². The van der Waals surface area contributed by atoms with Gasteiger partial charge in [-0.15, -0.1) is 0 Å². The maximum absolute atomic E-state index is 13.4.